The molecule has 1 aliphatic rings. The van der Waals surface area contributed by atoms with Gasteiger partial charge >= 0.3 is 0 Å². The molecular formula is C27H24Cl2FN7OS. The summed E-state index contributed by atoms with van der Waals surface area (Å²) in [6, 6.07) is 6.98. The molecule has 0 bridgehead atoms. The maximum atomic E-state index is 15.3. The largest absolute Gasteiger partial charge is 0.486 e. The van der Waals surface area contributed by atoms with Crippen molar-refractivity contribution in [3.05, 3.63) is 80.9 Å². The first-order valence-electron chi connectivity index (χ1n) is 12.2. The molecule has 39 heavy (non-hydrogen) atoms. The summed E-state index contributed by atoms with van der Waals surface area (Å²) in [5.74, 6) is 0.438. The van der Waals surface area contributed by atoms with Crippen LogP contribution in [0, 0.1) is 12.7 Å². The molecule has 12 heteroatoms. The zero-order valence-corrected chi connectivity index (χ0v) is 23.4. The maximum Gasteiger partial charge on any atom is 0.166 e. The number of benzene rings is 1. The summed E-state index contributed by atoms with van der Waals surface area (Å²) >= 11 is 14.0. The normalized spacial score (nSPS) is 15.4. The molecule has 3 N–H and O–H groups in total. The lowest BCUT2D eigenvalue weighted by atomic mass is 9.84. The maximum absolute atomic E-state index is 15.3. The quantitative estimate of drug-likeness (QED) is 0.237. The van der Waals surface area contributed by atoms with Crippen LogP contribution in [0.1, 0.15) is 29.8 Å². The topological polar surface area (TPSA) is 106 Å². The predicted molar refractivity (Wildman–Crippen MR) is 152 cm³/mol. The molecule has 8 nitrogen and oxygen atoms in total. The number of anilines is 1. The molecule has 1 saturated heterocycles. The van der Waals surface area contributed by atoms with E-state index in [2.05, 4.69) is 24.5 Å². The van der Waals surface area contributed by atoms with Crippen LogP contribution in [-0.2, 0) is 6.42 Å². The van der Waals surface area contributed by atoms with Gasteiger partial charge in [0.1, 0.15) is 17.5 Å². The van der Waals surface area contributed by atoms with E-state index in [1.54, 1.807) is 6.20 Å². The highest BCUT2D eigenvalue weighted by Crippen LogP contribution is 2.36. The Balaban J connectivity index is 1.21. The van der Waals surface area contributed by atoms with Gasteiger partial charge in [0.15, 0.2) is 11.6 Å². The second-order valence-corrected chi connectivity index (χ2v) is 11.3. The Labute approximate surface area is 238 Å². The number of hydrogen-bond donors (Lipinski definition) is 2. The number of halogens is 3. The summed E-state index contributed by atoms with van der Waals surface area (Å²) in [5.41, 5.74) is 10.8. The first-order valence-corrected chi connectivity index (χ1v) is 13.8. The van der Waals surface area contributed by atoms with E-state index in [4.69, 9.17) is 33.7 Å². The van der Waals surface area contributed by atoms with Crippen LogP contribution in [0.2, 0.25) is 10.0 Å². The van der Waals surface area contributed by atoms with Crippen molar-refractivity contribution in [1.29, 1.82) is 0 Å². The van der Waals surface area contributed by atoms with Gasteiger partial charge in [0, 0.05) is 53.6 Å². The second-order valence-electron chi connectivity index (χ2n) is 9.91. The second kappa shape index (κ2) is 10.0. The van der Waals surface area contributed by atoms with E-state index in [1.165, 1.54) is 30.0 Å². The number of nitrogens with two attached hydrogens (primary N) is 1. The van der Waals surface area contributed by atoms with Crippen LogP contribution < -0.4 is 15.4 Å². The molecule has 1 fully saturated rings. The Bertz CT molecular complexity index is 1660. The molecule has 0 radical (unpaired) electrons. The average molecular weight is 585 g/mol. The fourth-order valence-corrected chi connectivity index (χ4v) is 6.37. The zero-order chi connectivity index (χ0) is 27.3. The molecule has 5 aromatic rings. The van der Waals surface area contributed by atoms with Crippen LogP contribution in [0.25, 0.3) is 22.2 Å². The number of nitrogens with one attached hydrogen (secondary N) is 1. The molecule has 1 atom stereocenters. The van der Waals surface area contributed by atoms with Crippen molar-refractivity contribution in [3.8, 4) is 17.0 Å². The Hall–Kier alpha value is -3.31. The van der Waals surface area contributed by atoms with E-state index in [0.717, 1.165) is 22.2 Å². The number of nitrogens with zero attached hydrogens (tertiary/aromatic N) is 5. The molecule has 0 amide bonds. The fraction of sp³-hybridized carbons (Fsp3) is 0.259. The van der Waals surface area contributed by atoms with Gasteiger partial charge in [-0.05, 0) is 61.6 Å². The number of pyridine rings is 2. The predicted octanol–water partition coefficient (Wildman–Crippen LogP) is 6.13. The molecule has 4 aromatic heterocycles. The highest BCUT2D eigenvalue weighted by molar-refractivity contribution is 7.03. The van der Waals surface area contributed by atoms with Gasteiger partial charge in [0.2, 0.25) is 0 Å². The van der Waals surface area contributed by atoms with Gasteiger partial charge in [0.05, 0.1) is 26.8 Å². The van der Waals surface area contributed by atoms with Crippen molar-refractivity contribution >= 4 is 51.5 Å². The molecule has 1 aromatic carbocycles. The molecule has 5 heterocycles. The van der Waals surface area contributed by atoms with E-state index in [9.17, 15) is 0 Å². The van der Waals surface area contributed by atoms with Crippen LogP contribution in [0.15, 0.2) is 48.2 Å². The van der Waals surface area contributed by atoms with Crippen LogP contribution >= 0.6 is 34.7 Å². The van der Waals surface area contributed by atoms with Crippen molar-refractivity contribution in [2.75, 3.05) is 18.0 Å². The van der Waals surface area contributed by atoms with Crippen molar-refractivity contribution in [2.45, 2.75) is 31.9 Å². The van der Waals surface area contributed by atoms with Crippen molar-refractivity contribution in [2.24, 2.45) is 5.73 Å². The third-order valence-electron chi connectivity index (χ3n) is 6.94. The van der Waals surface area contributed by atoms with E-state index >= 15 is 4.39 Å². The highest BCUT2D eigenvalue weighted by atomic mass is 35.5. The average Bonchev–Trinajstić information content (AvgIpc) is 3.48. The van der Waals surface area contributed by atoms with E-state index < -0.39 is 17.5 Å². The lowest BCUT2D eigenvalue weighted by molar-refractivity contribution is 0.227. The van der Waals surface area contributed by atoms with E-state index in [-0.39, 0.29) is 5.82 Å². The number of hydrogen-bond acceptors (Lipinski definition) is 8. The minimum absolute atomic E-state index is 0.281. The molecule has 6 rings (SSSR count). The smallest absolute Gasteiger partial charge is 0.166 e. The first kappa shape index (κ1) is 25.9. The van der Waals surface area contributed by atoms with E-state index in [1.807, 2.05) is 42.3 Å². The summed E-state index contributed by atoms with van der Waals surface area (Å²) < 4.78 is 25.7. The summed E-state index contributed by atoms with van der Waals surface area (Å²) in [4.78, 5) is 10.3. The highest BCUT2D eigenvalue weighted by Gasteiger charge is 2.41. The van der Waals surface area contributed by atoms with Gasteiger partial charge < -0.3 is 15.4 Å². The molecule has 0 unspecified atom stereocenters. The Morgan fingerprint density at radius 3 is 2.67 bits per heavy atom. The van der Waals surface area contributed by atoms with Crippen molar-refractivity contribution in [3.63, 3.8) is 0 Å². The van der Waals surface area contributed by atoms with Gasteiger partial charge in [-0.25, -0.2) is 9.37 Å². The minimum atomic E-state index is -0.434. The molecule has 0 aliphatic carbocycles. The number of rotatable bonds is 7. The van der Waals surface area contributed by atoms with Crippen LogP contribution in [0.5, 0.6) is 5.75 Å². The van der Waals surface area contributed by atoms with Gasteiger partial charge in [-0.3, -0.25) is 10.1 Å². The van der Waals surface area contributed by atoms with Gasteiger partial charge in [-0.1, -0.05) is 23.2 Å². The number of aromatic nitrogens is 5. The summed E-state index contributed by atoms with van der Waals surface area (Å²) in [5, 5.41) is 11.1. The van der Waals surface area contributed by atoms with Crippen LogP contribution in [0.3, 0.4) is 0 Å². The minimum Gasteiger partial charge on any atom is -0.486 e. The third kappa shape index (κ3) is 4.93. The third-order valence-corrected chi connectivity index (χ3v) is 8.31. The molecule has 200 valence electrons. The number of ether oxygens (including phenoxy) is 1. The monoisotopic (exact) mass is 583 g/mol. The van der Waals surface area contributed by atoms with Crippen molar-refractivity contribution < 1.29 is 9.13 Å². The number of fused-ring (bicyclic) bond motifs is 1. The Morgan fingerprint density at radius 2 is 1.97 bits per heavy atom. The number of aromatic amines is 1. The summed E-state index contributed by atoms with van der Waals surface area (Å²) in [7, 11) is 0. The van der Waals surface area contributed by atoms with Crippen LogP contribution in [-0.4, -0.2) is 43.2 Å². The number of aryl methyl sites for hydroxylation is 1. The lowest BCUT2D eigenvalue weighted by Crippen LogP contribution is -2.69. The molecule has 0 saturated carbocycles. The van der Waals surface area contributed by atoms with Gasteiger partial charge in [0.25, 0.3) is 0 Å². The number of H-pyrrole nitrogens is 1. The first-order chi connectivity index (χ1) is 18.7. The van der Waals surface area contributed by atoms with E-state index in [0.29, 0.717) is 52.1 Å². The van der Waals surface area contributed by atoms with Gasteiger partial charge in [-0.15, -0.1) is 0 Å². The molecule has 0 spiro atoms. The van der Waals surface area contributed by atoms with Gasteiger partial charge in [-0.2, -0.15) is 9.47 Å². The van der Waals surface area contributed by atoms with Crippen molar-refractivity contribution in [1.82, 2.24) is 24.5 Å². The van der Waals surface area contributed by atoms with Crippen LogP contribution in [0.4, 0.5) is 10.2 Å². The summed E-state index contributed by atoms with van der Waals surface area (Å²) in [6.45, 7) is 4.87. The Morgan fingerprint density at radius 1 is 1.21 bits per heavy atom. The zero-order valence-electron chi connectivity index (χ0n) is 21.1. The SMILES string of the molecule is Cc1nscc1CC1(N)CN(c2ncc(-c3n[nH]c4ccc(O[C@H](C)c5c(Cl)cncc5Cl)cc34)cc2F)C1. The molecular weight excluding hydrogens is 560 g/mol. The standard InChI is InChI=1S/C27H24Cl2FN7OS/c1-14-17(11-39-36-14)7-27(31)12-37(13-27)26-22(30)5-16(8-33-26)25-19-6-18(3-4-23(19)34-35-25)38-15(2)24-20(28)9-32-10-21(24)29/h3-6,8-11,15H,7,12-13,31H2,1-2H3,(H,34,35)/t15-/m1/s1. The lowest BCUT2D eigenvalue weighted by Gasteiger charge is -2.48. The fourth-order valence-electron chi connectivity index (χ4n) is 4.99. The molecule has 1 aliphatic heterocycles. The summed E-state index contributed by atoms with van der Waals surface area (Å²) in [6.07, 6.45) is 4.96. The Kier molecular flexibility index (Phi) is 6.66.